The van der Waals surface area contributed by atoms with Crippen molar-refractivity contribution < 1.29 is 10.2 Å². The summed E-state index contributed by atoms with van der Waals surface area (Å²) < 4.78 is 0. The smallest absolute Gasteiger partial charge is 0.0574 e. The van der Waals surface area contributed by atoms with Gasteiger partial charge >= 0.3 is 0 Å². The van der Waals surface area contributed by atoms with Gasteiger partial charge in [0.2, 0.25) is 0 Å². The van der Waals surface area contributed by atoms with Crippen molar-refractivity contribution in [2.45, 2.75) is 38.2 Å². The predicted molar refractivity (Wildman–Crippen MR) is 54.4 cm³/mol. The summed E-state index contributed by atoms with van der Waals surface area (Å²) in [5.74, 6) is 7.97. The van der Waals surface area contributed by atoms with Crippen LogP contribution >= 0.6 is 0 Å². The Morgan fingerprint density at radius 1 is 1.21 bits per heavy atom. The van der Waals surface area contributed by atoms with Crippen molar-refractivity contribution >= 4 is 0 Å². The van der Waals surface area contributed by atoms with Crippen LogP contribution in [0.3, 0.4) is 0 Å². The summed E-state index contributed by atoms with van der Waals surface area (Å²) in [5, 5.41) is 18.3. The van der Waals surface area contributed by atoms with Gasteiger partial charge in [-0.2, -0.15) is 0 Å². The fourth-order valence-electron chi connectivity index (χ4n) is 3.09. The van der Waals surface area contributed by atoms with Gasteiger partial charge in [-0.1, -0.05) is 0 Å². The highest BCUT2D eigenvalue weighted by Crippen LogP contribution is 2.50. The molecule has 0 radical (unpaired) electrons. The average molecular weight is 194 g/mol. The number of hydrogen-bond donors (Lipinski definition) is 2. The number of aliphatic hydroxyl groups excluding tert-OH is 2. The molecule has 2 fully saturated rings. The Balaban J connectivity index is 1.85. The Morgan fingerprint density at radius 3 is 2.64 bits per heavy atom. The van der Waals surface area contributed by atoms with Crippen LogP contribution in [0.2, 0.25) is 0 Å². The zero-order valence-corrected chi connectivity index (χ0v) is 8.45. The summed E-state index contributed by atoms with van der Waals surface area (Å²) in [5.41, 5.74) is 0. The molecule has 2 rings (SSSR count). The van der Waals surface area contributed by atoms with E-state index in [9.17, 15) is 5.11 Å². The Hall–Kier alpha value is -0.520. The standard InChI is InChI=1S/C12H18O2/c13-7-3-1-2-4-10-9-5-6-11(10)12(14)8-9/h9-14H,3-8H2/t9-,10+,11-,12-/m0/s1. The first-order valence-electron chi connectivity index (χ1n) is 5.57. The normalized spacial score (nSPS) is 39.6. The molecule has 2 aliphatic rings. The maximum atomic E-state index is 9.70. The van der Waals surface area contributed by atoms with Crippen molar-refractivity contribution in [3.05, 3.63) is 0 Å². The van der Waals surface area contributed by atoms with E-state index in [1.165, 1.54) is 12.8 Å². The molecule has 0 saturated heterocycles. The lowest BCUT2D eigenvalue weighted by molar-refractivity contribution is 0.107. The molecule has 0 heterocycles. The van der Waals surface area contributed by atoms with Gasteiger partial charge in [0.1, 0.15) is 0 Å². The lowest BCUT2D eigenvalue weighted by Gasteiger charge is -2.15. The highest BCUT2D eigenvalue weighted by atomic mass is 16.3. The van der Waals surface area contributed by atoms with Crippen molar-refractivity contribution in [2.24, 2.45) is 17.8 Å². The van der Waals surface area contributed by atoms with Gasteiger partial charge in [-0.25, -0.2) is 0 Å². The molecule has 14 heavy (non-hydrogen) atoms. The molecule has 2 saturated carbocycles. The zero-order chi connectivity index (χ0) is 9.97. The third-order valence-electron chi connectivity index (χ3n) is 3.76. The lowest BCUT2D eigenvalue weighted by Crippen LogP contribution is -2.16. The number of rotatable bonds is 2. The first-order valence-corrected chi connectivity index (χ1v) is 5.57. The molecule has 0 unspecified atom stereocenters. The van der Waals surface area contributed by atoms with Crippen molar-refractivity contribution in [1.82, 2.24) is 0 Å². The van der Waals surface area contributed by atoms with E-state index in [-0.39, 0.29) is 12.7 Å². The van der Waals surface area contributed by atoms with E-state index in [0.717, 1.165) is 18.8 Å². The highest BCUT2D eigenvalue weighted by molar-refractivity contribution is 5.06. The summed E-state index contributed by atoms with van der Waals surface area (Å²) in [6, 6.07) is 0. The minimum atomic E-state index is -0.0570. The van der Waals surface area contributed by atoms with E-state index in [1.54, 1.807) is 0 Å². The Morgan fingerprint density at radius 2 is 2.07 bits per heavy atom. The van der Waals surface area contributed by atoms with Crippen LogP contribution in [-0.2, 0) is 0 Å². The third kappa shape index (κ3) is 1.80. The minimum absolute atomic E-state index is 0.0570. The number of hydrogen-bond acceptors (Lipinski definition) is 2. The summed E-state index contributed by atoms with van der Waals surface area (Å²) in [6.45, 7) is 0.160. The van der Waals surface area contributed by atoms with Crippen LogP contribution in [0.25, 0.3) is 0 Å². The van der Waals surface area contributed by atoms with E-state index in [4.69, 9.17) is 5.11 Å². The topological polar surface area (TPSA) is 40.5 Å². The van der Waals surface area contributed by atoms with Gasteiger partial charge in [0.05, 0.1) is 12.7 Å². The maximum absolute atomic E-state index is 9.70. The van der Waals surface area contributed by atoms with E-state index in [0.29, 0.717) is 18.3 Å². The van der Waals surface area contributed by atoms with Gasteiger partial charge in [-0.05, 0) is 37.0 Å². The fraction of sp³-hybridized carbons (Fsp3) is 0.833. The molecule has 2 bridgehead atoms. The zero-order valence-electron chi connectivity index (χ0n) is 8.45. The highest BCUT2D eigenvalue weighted by Gasteiger charge is 2.46. The molecule has 0 amide bonds. The third-order valence-corrected chi connectivity index (χ3v) is 3.76. The van der Waals surface area contributed by atoms with Gasteiger partial charge in [0.25, 0.3) is 0 Å². The Kier molecular flexibility index (Phi) is 3.10. The molecule has 2 nitrogen and oxygen atoms in total. The van der Waals surface area contributed by atoms with Crippen molar-refractivity contribution in [3.63, 3.8) is 0 Å². The monoisotopic (exact) mass is 194 g/mol. The predicted octanol–water partition coefficient (Wildman–Crippen LogP) is 1.17. The summed E-state index contributed by atoms with van der Waals surface area (Å²) in [4.78, 5) is 0. The van der Waals surface area contributed by atoms with Gasteiger partial charge in [0, 0.05) is 12.8 Å². The molecule has 0 aromatic carbocycles. The molecular formula is C12H18O2. The Labute approximate surface area is 85.3 Å². The molecule has 78 valence electrons. The second-order valence-electron chi connectivity index (χ2n) is 4.50. The minimum Gasteiger partial charge on any atom is -0.395 e. The van der Waals surface area contributed by atoms with Gasteiger partial charge in [0.15, 0.2) is 0 Å². The van der Waals surface area contributed by atoms with E-state index in [1.807, 2.05) is 0 Å². The molecule has 0 spiro atoms. The number of fused-ring (bicyclic) bond motifs is 2. The quantitative estimate of drug-likeness (QED) is 0.648. The van der Waals surface area contributed by atoms with Gasteiger partial charge in [-0.3, -0.25) is 0 Å². The summed E-state index contributed by atoms with van der Waals surface area (Å²) in [7, 11) is 0. The first kappa shape index (κ1) is 10.0. The molecule has 2 heteroatoms. The van der Waals surface area contributed by atoms with Gasteiger partial charge < -0.3 is 10.2 Å². The van der Waals surface area contributed by atoms with Crippen molar-refractivity contribution in [1.29, 1.82) is 0 Å². The van der Waals surface area contributed by atoms with Gasteiger partial charge in [-0.15, -0.1) is 11.8 Å². The summed E-state index contributed by atoms with van der Waals surface area (Å²) >= 11 is 0. The van der Waals surface area contributed by atoms with Crippen molar-refractivity contribution in [2.75, 3.05) is 6.61 Å². The molecule has 2 N–H and O–H groups in total. The Bertz CT molecular complexity index is 251. The second kappa shape index (κ2) is 4.33. The maximum Gasteiger partial charge on any atom is 0.0574 e. The summed E-state index contributed by atoms with van der Waals surface area (Å²) in [6.07, 6.45) is 4.93. The second-order valence-corrected chi connectivity index (χ2v) is 4.50. The molecule has 0 aromatic rings. The molecule has 0 aromatic heterocycles. The van der Waals surface area contributed by atoms with Crippen LogP contribution < -0.4 is 0 Å². The molecule has 2 aliphatic carbocycles. The van der Waals surface area contributed by atoms with Crippen LogP contribution in [0.5, 0.6) is 0 Å². The van der Waals surface area contributed by atoms with Crippen LogP contribution in [0.4, 0.5) is 0 Å². The number of aliphatic hydroxyl groups is 2. The fourth-order valence-corrected chi connectivity index (χ4v) is 3.09. The van der Waals surface area contributed by atoms with E-state index < -0.39 is 0 Å². The average Bonchev–Trinajstić information content (AvgIpc) is 2.69. The van der Waals surface area contributed by atoms with E-state index >= 15 is 0 Å². The van der Waals surface area contributed by atoms with Crippen LogP contribution in [0, 0.1) is 29.6 Å². The SMILES string of the molecule is OCCC#CC[C@@H]1[C@H]2CC[C@@H]1[C@@H](O)C2. The van der Waals surface area contributed by atoms with Crippen LogP contribution in [0.1, 0.15) is 32.1 Å². The molecular weight excluding hydrogens is 176 g/mol. The largest absolute Gasteiger partial charge is 0.395 e. The molecule has 4 atom stereocenters. The lowest BCUT2D eigenvalue weighted by atomic mass is 9.94. The first-order chi connectivity index (χ1) is 6.83. The molecule has 0 aliphatic heterocycles. The van der Waals surface area contributed by atoms with Crippen molar-refractivity contribution in [3.8, 4) is 11.8 Å². The van der Waals surface area contributed by atoms with Crippen LogP contribution in [-0.4, -0.2) is 22.9 Å². The van der Waals surface area contributed by atoms with E-state index in [2.05, 4.69) is 11.8 Å². The van der Waals surface area contributed by atoms with Crippen LogP contribution in [0.15, 0.2) is 0 Å².